The Morgan fingerprint density at radius 3 is 2.62 bits per heavy atom. The lowest BCUT2D eigenvalue weighted by atomic mass is 9.92. The Kier molecular flexibility index (Phi) is 4.72. The van der Waals surface area contributed by atoms with Crippen LogP contribution in [0.2, 0.25) is 0 Å². The summed E-state index contributed by atoms with van der Waals surface area (Å²) in [6.45, 7) is 8.16. The molecule has 1 amide bonds. The number of fused-ring (bicyclic) bond motifs is 1. The summed E-state index contributed by atoms with van der Waals surface area (Å²) in [5.74, 6) is 1.36. The van der Waals surface area contributed by atoms with E-state index in [2.05, 4.69) is 5.32 Å². The molecule has 0 radical (unpaired) electrons. The minimum atomic E-state index is -0.0922. The lowest BCUT2D eigenvalue weighted by Crippen LogP contribution is -2.20. The Bertz CT molecular complexity index is 952. The molecule has 5 nitrogen and oxygen atoms in total. The first kappa shape index (κ1) is 18.0. The highest BCUT2D eigenvalue weighted by Crippen LogP contribution is 2.35. The van der Waals surface area contributed by atoms with Gasteiger partial charge in [0, 0.05) is 18.2 Å². The zero-order chi connectivity index (χ0) is 18.9. The van der Waals surface area contributed by atoms with Gasteiger partial charge in [0.2, 0.25) is 5.91 Å². The summed E-state index contributed by atoms with van der Waals surface area (Å²) in [5.41, 5.74) is 3.33. The number of imidazole rings is 1. The van der Waals surface area contributed by atoms with Crippen molar-refractivity contribution in [3.63, 3.8) is 0 Å². The van der Waals surface area contributed by atoms with Gasteiger partial charge < -0.3 is 10.1 Å². The van der Waals surface area contributed by atoms with Crippen molar-refractivity contribution >= 4 is 17.4 Å². The third kappa shape index (κ3) is 3.72. The number of hydrogen-bond acceptors (Lipinski definition) is 3. The number of aromatic nitrogens is 2. The van der Waals surface area contributed by atoms with Gasteiger partial charge in [-0.3, -0.25) is 9.20 Å². The molecule has 26 heavy (non-hydrogen) atoms. The number of amides is 1. The van der Waals surface area contributed by atoms with Gasteiger partial charge in [0.15, 0.2) is 0 Å². The highest BCUT2D eigenvalue weighted by Gasteiger charge is 2.22. The zero-order valence-corrected chi connectivity index (χ0v) is 16.0. The molecule has 0 saturated carbocycles. The van der Waals surface area contributed by atoms with Gasteiger partial charge in [0.05, 0.1) is 7.11 Å². The van der Waals surface area contributed by atoms with Crippen LogP contribution in [-0.2, 0) is 4.79 Å². The molecular formula is C21H25N3O2. The topological polar surface area (TPSA) is 55.6 Å². The number of aryl methyl sites for hydroxylation is 1. The first-order chi connectivity index (χ1) is 12.3. The van der Waals surface area contributed by atoms with Crippen LogP contribution < -0.4 is 10.1 Å². The average Bonchev–Trinajstić information content (AvgIpc) is 2.90. The molecule has 0 fully saturated rings. The number of methoxy groups -OCH3 is 1. The smallest absolute Gasteiger partial charge is 0.226 e. The molecule has 5 heteroatoms. The van der Waals surface area contributed by atoms with E-state index in [1.54, 1.807) is 7.11 Å². The molecule has 136 valence electrons. The molecule has 1 N–H and O–H groups in total. The van der Waals surface area contributed by atoms with E-state index >= 15 is 0 Å². The molecule has 3 aromatic rings. The van der Waals surface area contributed by atoms with Gasteiger partial charge in [0.1, 0.15) is 22.9 Å². The van der Waals surface area contributed by atoms with Gasteiger partial charge in [-0.1, -0.05) is 39.0 Å². The van der Waals surface area contributed by atoms with Crippen LogP contribution in [-0.4, -0.2) is 22.4 Å². The molecule has 2 aromatic heterocycles. The van der Waals surface area contributed by atoms with Gasteiger partial charge in [-0.05, 0) is 36.1 Å². The highest BCUT2D eigenvalue weighted by molar-refractivity contribution is 5.95. The van der Waals surface area contributed by atoms with Crippen LogP contribution in [0.15, 0.2) is 42.6 Å². The second-order valence-electron chi connectivity index (χ2n) is 7.73. The molecular weight excluding hydrogens is 326 g/mol. The predicted octanol–water partition coefficient (Wildman–Crippen LogP) is 4.69. The number of anilines is 1. The van der Waals surface area contributed by atoms with Crippen molar-refractivity contribution in [1.29, 1.82) is 0 Å². The standard InChI is InChI=1S/C21H25N3O2/c1-14-10-11-17-22-19(15-8-6-7-9-16(15)26-5)20(24(17)13-14)23-18(25)12-21(2,3)4/h6-11,13H,12H2,1-5H3,(H,23,25). The van der Waals surface area contributed by atoms with E-state index in [0.29, 0.717) is 17.9 Å². The van der Waals surface area contributed by atoms with Gasteiger partial charge >= 0.3 is 0 Å². The number of carbonyl (C=O) groups is 1. The summed E-state index contributed by atoms with van der Waals surface area (Å²) < 4.78 is 7.43. The maximum Gasteiger partial charge on any atom is 0.226 e. The van der Waals surface area contributed by atoms with E-state index < -0.39 is 0 Å². The summed E-state index contributed by atoms with van der Waals surface area (Å²) in [6.07, 6.45) is 2.41. The quantitative estimate of drug-likeness (QED) is 0.742. The zero-order valence-electron chi connectivity index (χ0n) is 16.0. The molecule has 0 aliphatic rings. The third-order valence-corrected chi connectivity index (χ3v) is 4.08. The second kappa shape index (κ2) is 6.83. The van der Waals surface area contributed by atoms with Crippen LogP contribution in [0.5, 0.6) is 5.75 Å². The van der Waals surface area contributed by atoms with Gasteiger partial charge in [0.25, 0.3) is 0 Å². The van der Waals surface area contributed by atoms with Crippen molar-refractivity contribution in [3.05, 3.63) is 48.2 Å². The fourth-order valence-electron chi connectivity index (χ4n) is 2.96. The number of ether oxygens (including phenoxy) is 1. The van der Waals surface area contributed by atoms with E-state index in [1.807, 2.05) is 74.7 Å². The molecule has 0 aliphatic carbocycles. The minimum Gasteiger partial charge on any atom is -0.496 e. The van der Waals surface area contributed by atoms with Crippen molar-refractivity contribution in [1.82, 2.24) is 9.38 Å². The van der Waals surface area contributed by atoms with Crippen LogP contribution in [0.1, 0.15) is 32.8 Å². The molecule has 2 heterocycles. The Balaban J connectivity index is 2.15. The minimum absolute atomic E-state index is 0.0306. The van der Waals surface area contributed by atoms with Crippen molar-refractivity contribution in [2.24, 2.45) is 5.41 Å². The van der Waals surface area contributed by atoms with E-state index in [-0.39, 0.29) is 11.3 Å². The van der Waals surface area contributed by atoms with Crippen molar-refractivity contribution in [2.45, 2.75) is 34.1 Å². The van der Waals surface area contributed by atoms with Gasteiger partial charge in [-0.15, -0.1) is 0 Å². The molecule has 0 bridgehead atoms. The fraction of sp³-hybridized carbons (Fsp3) is 0.333. The van der Waals surface area contributed by atoms with E-state index in [1.165, 1.54) is 0 Å². The number of rotatable bonds is 4. The molecule has 0 saturated heterocycles. The number of para-hydroxylation sites is 1. The van der Waals surface area contributed by atoms with E-state index in [4.69, 9.17) is 9.72 Å². The summed E-state index contributed by atoms with van der Waals surface area (Å²) in [7, 11) is 1.64. The van der Waals surface area contributed by atoms with E-state index in [9.17, 15) is 4.79 Å². The summed E-state index contributed by atoms with van der Waals surface area (Å²) in [5, 5.41) is 3.07. The maximum absolute atomic E-state index is 12.6. The summed E-state index contributed by atoms with van der Waals surface area (Å²) in [6, 6.07) is 11.7. The Labute approximate surface area is 154 Å². The largest absolute Gasteiger partial charge is 0.496 e. The van der Waals surface area contributed by atoms with Crippen molar-refractivity contribution in [2.75, 3.05) is 12.4 Å². The monoisotopic (exact) mass is 351 g/mol. The summed E-state index contributed by atoms with van der Waals surface area (Å²) in [4.78, 5) is 17.4. The maximum atomic E-state index is 12.6. The molecule has 3 rings (SSSR count). The Morgan fingerprint density at radius 2 is 1.92 bits per heavy atom. The number of nitrogens with one attached hydrogen (secondary N) is 1. The van der Waals surface area contributed by atoms with Gasteiger partial charge in [-0.2, -0.15) is 0 Å². The Morgan fingerprint density at radius 1 is 1.19 bits per heavy atom. The first-order valence-corrected chi connectivity index (χ1v) is 8.70. The van der Waals surface area contributed by atoms with Crippen LogP contribution in [0.3, 0.4) is 0 Å². The summed E-state index contributed by atoms with van der Waals surface area (Å²) >= 11 is 0. The average molecular weight is 351 g/mol. The van der Waals surface area contributed by atoms with Crippen LogP contribution in [0.4, 0.5) is 5.82 Å². The van der Waals surface area contributed by atoms with Crippen molar-refractivity contribution < 1.29 is 9.53 Å². The lowest BCUT2D eigenvalue weighted by Gasteiger charge is -2.18. The number of hydrogen-bond donors (Lipinski definition) is 1. The Hall–Kier alpha value is -2.82. The molecule has 0 unspecified atom stereocenters. The number of carbonyl (C=O) groups excluding carboxylic acids is 1. The first-order valence-electron chi connectivity index (χ1n) is 8.70. The van der Waals surface area contributed by atoms with Crippen LogP contribution in [0, 0.1) is 12.3 Å². The van der Waals surface area contributed by atoms with Crippen LogP contribution >= 0.6 is 0 Å². The van der Waals surface area contributed by atoms with Crippen molar-refractivity contribution in [3.8, 4) is 17.0 Å². The molecule has 1 aromatic carbocycles. The van der Waals surface area contributed by atoms with Crippen LogP contribution in [0.25, 0.3) is 16.9 Å². The SMILES string of the molecule is COc1ccccc1-c1nc2ccc(C)cn2c1NC(=O)CC(C)(C)C. The van der Waals surface area contributed by atoms with E-state index in [0.717, 1.165) is 22.5 Å². The highest BCUT2D eigenvalue weighted by atomic mass is 16.5. The molecule has 0 aliphatic heterocycles. The third-order valence-electron chi connectivity index (χ3n) is 4.08. The second-order valence-corrected chi connectivity index (χ2v) is 7.73. The number of nitrogens with zero attached hydrogens (tertiary/aromatic N) is 2. The number of pyridine rings is 1. The lowest BCUT2D eigenvalue weighted by molar-refractivity contribution is -0.117. The normalized spacial score (nSPS) is 11.6. The predicted molar refractivity (Wildman–Crippen MR) is 105 cm³/mol. The van der Waals surface area contributed by atoms with Gasteiger partial charge in [-0.25, -0.2) is 4.98 Å². The molecule has 0 atom stereocenters. The molecule has 0 spiro atoms. The number of benzene rings is 1. The fourth-order valence-corrected chi connectivity index (χ4v) is 2.96.